The average molecular weight is 275 g/mol. The van der Waals surface area contributed by atoms with E-state index in [-0.39, 0.29) is 19.4 Å². The molecule has 0 radical (unpaired) electrons. The Balaban J connectivity index is 4.45. The van der Waals surface area contributed by atoms with Gasteiger partial charge in [-0.15, -0.1) is 0 Å². The van der Waals surface area contributed by atoms with Crippen LogP contribution in [0.4, 0.5) is 0 Å². The summed E-state index contributed by atoms with van der Waals surface area (Å²) in [6.07, 6.45) is 0.135. The largest absolute Gasteiger partial charge is 0.481 e. The molecule has 0 saturated heterocycles. The van der Waals surface area contributed by atoms with E-state index in [0.717, 1.165) is 0 Å². The molecule has 0 aromatic rings. The van der Waals surface area contributed by atoms with Crippen LogP contribution in [0, 0.1) is 0 Å². The predicted molar refractivity (Wildman–Crippen MR) is 63.4 cm³/mol. The van der Waals surface area contributed by atoms with Crippen molar-refractivity contribution in [2.75, 3.05) is 13.6 Å². The Morgan fingerprint density at radius 2 is 1.84 bits per heavy atom. The van der Waals surface area contributed by atoms with E-state index < -0.39 is 29.9 Å². The van der Waals surface area contributed by atoms with E-state index in [1.54, 1.807) is 0 Å². The molecule has 1 unspecified atom stereocenters. The average Bonchev–Trinajstić information content (AvgIpc) is 2.34. The van der Waals surface area contributed by atoms with Gasteiger partial charge in [0.15, 0.2) is 0 Å². The summed E-state index contributed by atoms with van der Waals surface area (Å²) in [6.45, 7) is -0.250. The highest BCUT2D eigenvalue weighted by Gasteiger charge is 2.24. The Morgan fingerprint density at radius 1 is 1.21 bits per heavy atom. The fourth-order valence-corrected chi connectivity index (χ4v) is 1.31. The zero-order valence-corrected chi connectivity index (χ0v) is 10.4. The molecule has 2 amide bonds. The zero-order valence-electron chi connectivity index (χ0n) is 10.4. The second kappa shape index (κ2) is 8.86. The van der Waals surface area contributed by atoms with E-state index >= 15 is 0 Å². The summed E-state index contributed by atoms with van der Waals surface area (Å²) in [4.78, 5) is 43.1. The Hall–Kier alpha value is -2.16. The molecule has 2 atom stereocenters. The van der Waals surface area contributed by atoms with Crippen LogP contribution in [-0.4, -0.2) is 60.1 Å². The predicted octanol–water partition coefficient (Wildman–Crippen LogP) is -2.25. The van der Waals surface area contributed by atoms with E-state index in [0.29, 0.717) is 6.41 Å². The van der Waals surface area contributed by atoms with Crippen LogP contribution in [0.1, 0.15) is 12.8 Å². The van der Waals surface area contributed by atoms with Gasteiger partial charge in [0.2, 0.25) is 12.3 Å². The standard InChI is InChI=1S/C10H17N3O6/c1-11-6(2-3-8(15)16)9(17)13-7(10(18)19)4-12-5-14/h5-7,11H,2-4H2,1H3,(H,12,14)(H,13,17)(H,15,16)(H,18,19)/t6-,7?/m0/s1. The maximum absolute atomic E-state index is 11.7. The van der Waals surface area contributed by atoms with Crippen molar-refractivity contribution in [3.63, 3.8) is 0 Å². The molecule has 0 saturated carbocycles. The minimum absolute atomic E-state index is 0.0329. The summed E-state index contributed by atoms with van der Waals surface area (Å²) in [5.74, 6) is -2.98. The number of carboxylic acids is 2. The zero-order chi connectivity index (χ0) is 14.8. The van der Waals surface area contributed by atoms with Gasteiger partial charge in [-0.1, -0.05) is 0 Å². The molecule has 0 spiro atoms. The van der Waals surface area contributed by atoms with Crippen LogP contribution < -0.4 is 16.0 Å². The van der Waals surface area contributed by atoms with Gasteiger partial charge in [0.1, 0.15) is 6.04 Å². The van der Waals surface area contributed by atoms with E-state index in [9.17, 15) is 19.2 Å². The van der Waals surface area contributed by atoms with Crippen molar-refractivity contribution in [1.82, 2.24) is 16.0 Å². The van der Waals surface area contributed by atoms with Gasteiger partial charge < -0.3 is 26.2 Å². The molecule has 108 valence electrons. The lowest BCUT2D eigenvalue weighted by atomic mass is 10.1. The molecule has 0 aliphatic heterocycles. The first-order valence-corrected chi connectivity index (χ1v) is 5.51. The maximum Gasteiger partial charge on any atom is 0.328 e. The van der Waals surface area contributed by atoms with Crippen molar-refractivity contribution < 1.29 is 29.4 Å². The van der Waals surface area contributed by atoms with Crippen molar-refractivity contribution in [3.8, 4) is 0 Å². The lowest BCUT2D eigenvalue weighted by molar-refractivity contribution is -0.142. The number of aliphatic carboxylic acids is 2. The Labute approximate surface area is 109 Å². The number of rotatable bonds is 10. The maximum atomic E-state index is 11.7. The van der Waals surface area contributed by atoms with E-state index in [4.69, 9.17) is 10.2 Å². The first-order valence-electron chi connectivity index (χ1n) is 5.51. The van der Waals surface area contributed by atoms with Crippen molar-refractivity contribution in [2.24, 2.45) is 0 Å². The quantitative estimate of drug-likeness (QED) is 0.283. The van der Waals surface area contributed by atoms with Crippen LogP contribution in [0.15, 0.2) is 0 Å². The van der Waals surface area contributed by atoms with E-state index in [1.807, 2.05) is 0 Å². The fourth-order valence-electron chi connectivity index (χ4n) is 1.31. The summed E-state index contributed by atoms with van der Waals surface area (Å²) < 4.78 is 0. The topological polar surface area (TPSA) is 145 Å². The molecule has 0 aliphatic carbocycles. The second-order valence-corrected chi connectivity index (χ2v) is 3.70. The Morgan fingerprint density at radius 3 is 2.26 bits per heavy atom. The van der Waals surface area contributed by atoms with Gasteiger partial charge in [0.05, 0.1) is 6.04 Å². The third-order valence-electron chi connectivity index (χ3n) is 2.33. The van der Waals surface area contributed by atoms with Crippen molar-refractivity contribution >= 4 is 24.3 Å². The van der Waals surface area contributed by atoms with Gasteiger partial charge in [-0.25, -0.2) is 4.79 Å². The van der Waals surface area contributed by atoms with Gasteiger partial charge in [0.25, 0.3) is 0 Å². The van der Waals surface area contributed by atoms with Crippen molar-refractivity contribution in [3.05, 3.63) is 0 Å². The Kier molecular flexibility index (Phi) is 7.85. The molecule has 0 rings (SSSR count). The Bertz CT molecular complexity index is 346. The van der Waals surface area contributed by atoms with Crippen LogP contribution in [0.3, 0.4) is 0 Å². The molecule has 0 bridgehead atoms. The van der Waals surface area contributed by atoms with Gasteiger partial charge in [-0.05, 0) is 13.5 Å². The lowest BCUT2D eigenvalue weighted by Crippen LogP contribution is -2.52. The number of nitrogens with one attached hydrogen (secondary N) is 3. The second-order valence-electron chi connectivity index (χ2n) is 3.70. The van der Waals surface area contributed by atoms with Crippen LogP contribution in [0.25, 0.3) is 0 Å². The van der Waals surface area contributed by atoms with Gasteiger partial charge in [0, 0.05) is 13.0 Å². The monoisotopic (exact) mass is 275 g/mol. The number of likely N-dealkylation sites (N-methyl/N-ethyl adjacent to an activating group) is 1. The van der Waals surface area contributed by atoms with Crippen molar-refractivity contribution in [2.45, 2.75) is 24.9 Å². The molecule has 5 N–H and O–H groups in total. The third-order valence-corrected chi connectivity index (χ3v) is 2.33. The summed E-state index contributed by atoms with van der Waals surface area (Å²) in [5, 5.41) is 24.3. The highest BCUT2D eigenvalue weighted by atomic mass is 16.4. The van der Waals surface area contributed by atoms with Crippen LogP contribution in [0.5, 0.6) is 0 Å². The number of amides is 2. The molecular weight excluding hydrogens is 258 g/mol. The molecule has 9 heteroatoms. The van der Waals surface area contributed by atoms with Crippen molar-refractivity contribution in [1.29, 1.82) is 0 Å². The SMILES string of the molecule is CN[C@@H](CCC(=O)O)C(=O)NC(CNC=O)C(=O)O. The molecule has 0 aromatic heterocycles. The van der Waals surface area contributed by atoms with Crippen LogP contribution >= 0.6 is 0 Å². The fraction of sp³-hybridized carbons (Fsp3) is 0.600. The number of hydrogen-bond donors (Lipinski definition) is 5. The minimum Gasteiger partial charge on any atom is -0.481 e. The normalized spacial score (nSPS) is 13.1. The van der Waals surface area contributed by atoms with Gasteiger partial charge >= 0.3 is 11.9 Å². The molecule has 0 fully saturated rings. The smallest absolute Gasteiger partial charge is 0.328 e. The molecule has 0 aliphatic rings. The molecule has 19 heavy (non-hydrogen) atoms. The van der Waals surface area contributed by atoms with Gasteiger partial charge in [-0.3, -0.25) is 14.4 Å². The summed E-state index contributed by atoms with van der Waals surface area (Å²) in [5.41, 5.74) is 0. The van der Waals surface area contributed by atoms with Crippen LogP contribution in [-0.2, 0) is 19.2 Å². The van der Waals surface area contributed by atoms with Gasteiger partial charge in [-0.2, -0.15) is 0 Å². The first kappa shape index (κ1) is 16.8. The van der Waals surface area contributed by atoms with Crippen LogP contribution in [0.2, 0.25) is 0 Å². The van der Waals surface area contributed by atoms with E-state index in [2.05, 4.69) is 16.0 Å². The minimum atomic E-state index is -1.30. The highest BCUT2D eigenvalue weighted by molar-refractivity contribution is 5.87. The molecule has 0 aromatic carbocycles. The lowest BCUT2D eigenvalue weighted by Gasteiger charge is -2.19. The van der Waals surface area contributed by atoms with E-state index in [1.165, 1.54) is 7.05 Å². The highest BCUT2D eigenvalue weighted by Crippen LogP contribution is 1.98. The number of carbonyl (C=O) groups excluding carboxylic acids is 2. The number of carboxylic acid groups (broad SMARTS) is 2. The number of hydrogen-bond acceptors (Lipinski definition) is 5. The molecule has 0 heterocycles. The number of carbonyl (C=O) groups is 4. The first-order chi connectivity index (χ1) is 8.92. The summed E-state index contributed by atoms with van der Waals surface area (Å²) in [6, 6.07) is -2.08. The summed E-state index contributed by atoms with van der Waals surface area (Å²) in [7, 11) is 1.46. The third kappa shape index (κ3) is 6.99. The summed E-state index contributed by atoms with van der Waals surface area (Å²) >= 11 is 0. The molecule has 9 nitrogen and oxygen atoms in total. The molecular formula is C10H17N3O6.